The van der Waals surface area contributed by atoms with E-state index in [4.69, 9.17) is 5.73 Å². The van der Waals surface area contributed by atoms with Gasteiger partial charge in [0.2, 0.25) is 0 Å². The monoisotopic (exact) mass is 374 g/mol. The van der Waals surface area contributed by atoms with Gasteiger partial charge in [-0.25, -0.2) is 14.4 Å². The molecule has 4 unspecified atom stereocenters. The second kappa shape index (κ2) is 6.86. The van der Waals surface area contributed by atoms with Gasteiger partial charge in [0.25, 0.3) is 0 Å². The van der Waals surface area contributed by atoms with Crippen LogP contribution in [0, 0.1) is 11.7 Å². The van der Waals surface area contributed by atoms with Crippen molar-refractivity contribution in [2.45, 2.75) is 29.4 Å². The number of halogens is 1. The van der Waals surface area contributed by atoms with Crippen molar-refractivity contribution < 1.29 is 14.6 Å². The lowest BCUT2D eigenvalue weighted by atomic mass is 9.96. The molecule has 5 N–H and O–H groups in total. The van der Waals surface area contributed by atoms with E-state index < -0.39 is 12.2 Å². The molecule has 1 aromatic carbocycles. The normalized spacial score (nSPS) is 25.8. The lowest BCUT2D eigenvalue weighted by Crippen LogP contribution is -2.28. The Balaban J connectivity index is 1.52. The summed E-state index contributed by atoms with van der Waals surface area (Å²) in [5.74, 6) is 0.421. The van der Waals surface area contributed by atoms with E-state index in [1.807, 2.05) is 0 Å². The summed E-state index contributed by atoms with van der Waals surface area (Å²) in [6, 6.07) is 6.27. The minimum absolute atomic E-state index is 0.0748. The van der Waals surface area contributed by atoms with Gasteiger partial charge in [0, 0.05) is 28.3 Å². The Hall–Kier alpha value is -2.16. The zero-order valence-electron chi connectivity index (χ0n) is 13.8. The first-order valence-electron chi connectivity index (χ1n) is 8.36. The highest BCUT2D eigenvalue weighted by Crippen LogP contribution is 2.43. The molecule has 1 aliphatic rings. The molecule has 3 aromatic rings. The predicted molar refractivity (Wildman–Crippen MR) is 98.3 cm³/mol. The highest BCUT2D eigenvalue weighted by molar-refractivity contribution is 7.99. The first-order chi connectivity index (χ1) is 12.5. The maximum Gasteiger partial charge on any atom is 0.151 e. The molecule has 0 amide bonds. The molecule has 2 aromatic heterocycles. The van der Waals surface area contributed by atoms with Gasteiger partial charge in [-0.1, -0.05) is 0 Å². The quantitative estimate of drug-likeness (QED) is 0.522. The molecule has 0 aliphatic heterocycles. The topological polar surface area (TPSA) is 108 Å². The molecule has 0 saturated heterocycles. The third-order valence-corrected chi connectivity index (χ3v) is 6.20. The van der Waals surface area contributed by atoms with Crippen LogP contribution < -0.4 is 5.73 Å². The Morgan fingerprint density at radius 2 is 1.96 bits per heavy atom. The standard InChI is InChI=1S/C18H19FN4O2S/c19-10-1-3-11(4-2-10)26-7-9-5-12(17(25)16(9)24)13-6-21-15-14(13)22-8-23-18(15)20/h1-4,6,8-9,12,16-17,21,24-25H,5,7H2,(H2,20,22,23). The Morgan fingerprint density at radius 3 is 2.73 bits per heavy atom. The maximum atomic E-state index is 13.0. The maximum absolute atomic E-state index is 13.0. The Bertz CT molecular complexity index is 917. The Kier molecular flexibility index (Phi) is 4.56. The number of nitrogens with two attached hydrogens (primary N) is 1. The summed E-state index contributed by atoms with van der Waals surface area (Å²) in [4.78, 5) is 12.2. The van der Waals surface area contributed by atoms with Crippen LogP contribution in [0.15, 0.2) is 41.7 Å². The second-order valence-electron chi connectivity index (χ2n) is 6.57. The summed E-state index contributed by atoms with van der Waals surface area (Å²) < 4.78 is 13.0. The minimum atomic E-state index is -0.871. The van der Waals surface area contributed by atoms with Crippen LogP contribution in [0.25, 0.3) is 11.0 Å². The van der Waals surface area contributed by atoms with Crippen molar-refractivity contribution >= 4 is 28.6 Å². The van der Waals surface area contributed by atoms with Crippen molar-refractivity contribution in [3.63, 3.8) is 0 Å². The van der Waals surface area contributed by atoms with Crippen molar-refractivity contribution in [1.29, 1.82) is 0 Å². The number of nitrogen functional groups attached to an aromatic ring is 1. The molecule has 4 rings (SSSR count). The number of nitrogens with one attached hydrogen (secondary N) is 1. The van der Waals surface area contributed by atoms with E-state index in [9.17, 15) is 14.6 Å². The van der Waals surface area contributed by atoms with Gasteiger partial charge in [-0.05, 0) is 36.6 Å². The number of aromatic amines is 1. The minimum Gasteiger partial charge on any atom is -0.390 e. The lowest BCUT2D eigenvalue weighted by Gasteiger charge is -2.16. The van der Waals surface area contributed by atoms with Crippen molar-refractivity contribution in [3.8, 4) is 0 Å². The highest BCUT2D eigenvalue weighted by Gasteiger charge is 2.43. The van der Waals surface area contributed by atoms with Gasteiger partial charge in [-0.2, -0.15) is 0 Å². The number of aromatic nitrogens is 3. The zero-order valence-corrected chi connectivity index (χ0v) is 14.7. The fraction of sp³-hybridized carbons (Fsp3) is 0.333. The van der Waals surface area contributed by atoms with Gasteiger partial charge >= 0.3 is 0 Å². The molecule has 4 atom stereocenters. The molecule has 0 bridgehead atoms. The third kappa shape index (κ3) is 3.04. The van der Waals surface area contributed by atoms with Crippen LogP contribution in [0.1, 0.15) is 17.9 Å². The summed E-state index contributed by atoms with van der Waals surface area (Å²) >= 11 is 1.55. The molecule has 0 spiro atoms. The van der Waals surface area contributed by atoms with E-state index in [1.54, 1.807) is 30.1 Å². The van der Waals surface area contributed by atoms with Gasteiger partial charge in [0.05, 0.1) is 17.7 Å². The molecule has 2 heterocycles. The van der Waals surface area contributed by atoms with Gasteiger partial charge < -0.3 is 20.9 Å². The largest absolute Gasteiger partial charge is 0.390 e. The predicted octanol–water partition coefficient (Wildman–Crippen LogP) is 2.30. The molecule has 6 nitrogen and oxygen atoms in total. The summed E-state index contributed by atoms with van der Waals surface area (Å²) in [6.07, 6.45) is 2.12. The lowest BCUT2D eigenvalue weighted by molar-refractivity contribution is 0.0190. The SMILES string of the molecule is Nc1ncnc2c(C3CC(CSc4ccc(F)cc4)C(O)C3O)c[nH]c12. The van der Waals surface area contributed by atoms with Crippen LogP contribution in [-0.4, -0.2) is 43.1 Å². The fourth-order valence-corrected chi connectivity index (χ4v) is 4.66. The van der Waals surface area contributed by atoms with E-state index in [0.29, 0.717) is 29.0 Å². The fourth-order valence-electron chi connectivity index (χ4n) is 3.59. The number of hydrogen-bond acceptors (Lipinski definition) is 6. The zero-order chi connectivity index (χ0) is 18.3. The summed E-state index contributed by atoms with van der Waals surface area (Å²) in [6.45, 7) is 0. The Morgan fingerprint density at radius 1 is 1.19 bits per heavy atom. The van der Waals surface area contributed by atoms with E-state index in [-0.39, 0.29) is 17.7 Å². The number of thioether (sulfide) groups is 1. The molecular weight excluding hydrogens is 355 g/mol. The van der Waals surface area contributed by atoms with E-state index in [1.165, 1.54) is 18.5 Å². The van der Waals surface area contributed by atoms with Crippen LogP contribution in [-0.2, 0) is 0 Å². The van der Waals surface area contributed by atoms with Crippen LogP contribution in [0.5, 0.6) is 0 Å². The van der Waals surface area contributed by atoms with Crippen molar-refractivity contribution in [1.82, 2.24) is 15.0 Å². The van der Waals surface area contributed by atoms with Crippen LogP contribution >= 0.6 is 11.8 Å². The number of hydrogen-bond donors (Lipinski definition) is 4. The molecule has 1 aliphatic carbocycles. The van der Waals surface area contributed by atoms with Crippen LogP contribution in [0.3, 0.4) is 0 Å². The van der Waals surface area contributed by atoms with Crippen molar-refractivity contribution in [3.05, 3.63) is 48.2 Å². The van der Waals surface area contributed by atoms with Crippen LogP contribution in [0.2, 0.25) is 0 Å². The average Bonchev–Trinajstić information content (AvgIpc) is 3.18. The van der Waals surface area contributed by atoms with Crippen molar-refractivity contribution in [2.24, 2.45) is 5.92 Å². The average molecular weight is 374 g/mol. The summed E-state index contributed by atoms with van der Waals surface area (Å²) in [5.41, 5.74) is 8.03. The number of H-pyrrole nitrogens is 1. The second-order valence-corrected chi connectivity index (χ2v) is 7.67. The number of aliphatic hydroxyl groups excluding tert-OH is 2. The first-order valence-corrected chi connectivity index (χ1v) is 9.35. The molecule has 1 fully saturated rings. The van der Waals surface area contributed by atoms with Gasteiger partial charge in [0.1, 0.15) is 17.7 Å². The number of benzene rings is 1. The molecule has 0 radical (unpaired) electrons. The third-order valence-electron chi connectivity index (χ3n) is 5.00. The van der Waals surface area contributed by atoms with Gasteiger partial charge in [0.15, 0.2) is 5.82 Å². The summed E-state index contributed by atoms with van der Waals surface area (Å²) in [7, 11) is 0. The molecule has 1 saturated carbocycles. The molecular formula is C18H19FN4O2S. The smallest absolute Gasteiger partial charge is 0.151 e. The number of rotatable bonds is 4. The van der Waals surface area contributed by atoms with Gasteiger partial charge in [-0.15, -0.1) is 11.8 Å². The molecule has 8 heteroatoms. The van der Waals surface area contributed by atoms with Gasteiger partial charge in [-0.3, -0.25) is 0 Å². The summed E-state index contributed by atoms with van der Waals surface area (Å²) in [5, 5.41) is 21.0. The van der Waals surface area contributed by atoms with E-state index >= 15 is 0 Å². The number of aliphatic hydroxyl groups is 2. The molecule has 26 heavy (non-hydrogen) atoms. The number of fused-ring (bicyclic) bond motifs is 1. The Labute approximate surface area is 153 Å². The first kappa shape index (κ1) is 17.3. The van der Waals surface area contributed by atoms with Crippen molar-refractivity contribution in [2.75, 3.05) is 11.5 Å². The number of anilines is 1. The highest BCUT2D eigenvalue weighted by atomic mass is 32.2. The van der Waals surface area contributed by atoms with E-state index in [0.717, 1.165) is 10.5 Å². The number of nitrogens with zero attached hydrogens (tertiary/aromatic N) is 2. The molecule has 136 valence electrons. The van der Waals surface area contributed by atoms with Crippen LogP contribution in [0.4, 0.5) is 10.2 Å². The van der Waals surface area contributed by atoms with E-state index in [2.05, 4.69) is 15.0 Å².